The van der Waals surface area contributed by atoms with Gasteiger partial charge in [-0.2, -0.15) is 14.7 Å². The van der Waals surface area contributed by atoms with E-state index in [2.05, 4.69) is 0 Å². The molecule has 4 rings (SSSR count). The highest BCUT2D eigenvalue weighted by molar-refractivity contribution is 5.21. The van der Waals surface area contributed by atoms with E-state index in [9.17, 15) is 0 Å². The minimum absolute atomic E-state index is 0.487. The van der Waals surface area contributed by atoms with Crippen molar-refractivity contribution >= 4 is 0 Å². The molecule has 2 saturated heterocycles. The summed E-state index contributed by atoms with van der Waals surface area (Å²) in [5, 5.41) is 0. The van der Waals surface area contributed by atoms with Crippen LogP contribution >= 0.6 is 0 Å². The molecule has 3 atom stereocenters. The molecular formula is C18H18O5. The molecule has 0 spiro atoms. The quantitative estimate of drug-likeness (QED) is 0.785. The Labute approximate surface area is 134 Å². The van der Waals surface area contributed by atoms with Crippen molar-refractivity contribution in [2.75, 3.05) is 0 Å². The molecule has 0 radical (unpaired) electrons. The van der Waals surface area contributed by atoms with E-state index in [4.69, 9.17) is 24.3 Å². The number of rotatable bonds is 2. The molecule has 2 heterocycles. The van der Waals surface area contributed by atoms with Crippen molar-refractivity contribution in [3.05, 3.63) is 71.8 Å². The maximum Gasteiger partial charge on any atom is 0.249 e. The highest BCUT2D eigenvalue weighted by Crippen LogP contribution is 2.42. The average Bonchev–Trinajstić information content (AvgIpc) is 2.62. The van der Waals surface area contributed by atoms with Gasteiger partial charge in [-0.15, -0.1) is 0 Å². The Bertz CT molecular complexity index is 632. The smallest absolute Gasteiger partial charge is 0.249 e. The third kappa shape index (κ3) is 3.02. The predicted molar refractivity (Wildman–Crippen MR) is 80.4 cm³/mol. The van der Waals surface area contributed by atoms with E-state index >= 15 is 0 Å². The van der Waals surface area contributed by atoms with E-state index in [1.54, 1.807) is 0 Å². The Hall–Kier alpha value is -1.76. The van der Waals surface area contributed by atoms with E-state index in [-0.39, 0.29) is 0 Å². The molecule has 5 nitrogen and oxygen atoms in total. The topological polar surface area (TPSA) is 46.2 Å². The van der Waals surface area contributed by atoms with E-state index in [0.717, 1.165) is 24.0 Å². The molecule has 0 N–H and O–H groups in total. The van der Waals surface area contributed by atoms with E-state index < -0.39 is 18.4 Å². The largest absolute Gasteiger partial charge is 0.311 e. The van der Waals surface area contributed by atoms with Gasteiger partial charge in [-0.3, -0.25) is 0 Å². The number of benzene rings is 2. The van der Waals surface area contributed by atoms with Gasteiger partial charge in [0.25, 0.3) is 0 Å². The zero-order valence-corrected chi connectivity index (χ0v) is 12.6. The fraction of sp³-hybridized carbons (Fsp3) is 0.333. The maximum absolute atomic E-state index is 5.99. The molecule has 0 amide bonds. The van der Waals surface area contributed by atoms with Gasteiger partial charge in [0.05, 0.1) is 0 Å². The van der Waals surface area contributed by atoms with Gasteiger partial charge in [0.15, 0.2) is 6.29 Å². The Morgan fingerprint density at radius 3 is 2.35 bits per heavy atom. The third-order valence-corrected chi connectivity index (χ3v) is 4.07. The van der Waals surface area contributed by atoms with Crippen LogP contribution in [0.25, 0.3) is 0 Å². The summed E-state index contributed by atoms with van der Waals surface area (Å²) in [6.45, 7) is 0. The summed E-state index contributed by atoms with van der Waals surface area (Å²) in [5.41, 5.74) is 1.72. The van der Waals surface area contributed by atoms with E-state index in [0.29, 0.717) is 6.42 Å². The van der Waals surface area contributed by atoms with Crippen LogP contribution in [0, 0.1) is 0 Å². The molecule has 2 fully saturated rings. The van der Waals surface area contributed by atoms with Gasteiger partial charge in [0.1, 0.15) is 0 Å². The summed E-state index contributed by atoms with van der Waals surface area (Å²) >= 11 is 0. The van der Waals surface area contributed by atoms with Crippen molar-refractivity contribution in [3.8, 4) is 0 Å². The second-order valence-electron chi connectivity index (χ2n) is 5.67. The second kappa shape index (κ2) is 6.39. The lowest BCUT2D eigenvalue weighted by Crippen LogP contribution is -2.44. The molecule has 2 aliphatic rings. The molecule has 2 aliphatic heterocycles. The van der Waals surface area contributed by atoms with Crippen LogP contribution in [0.4, 0.5) is 0 Å². The van der Waals surface area contributed by atoms with Crippen molar-refractivity contribution in [3.63, 3.8) is 0 Å². The average molecular weight is 314 g/mol. The monoisotopic (exact) mass is 314 g/mol. The second-order valence-corrected chi connectivity index (χ2v) is 5.67. The normalized spacial score (nSPS) is 31.1. The predicted octanol–water partition coefficient (Wildman–Crippen LogP) is 3.97. The molecule has 0 aromatic heterocycles. The molecular weight excluding hydrogens is 296 g/mol. The highest BCUT2D eigenvalue weighted by atomic mass is 17.3. The van der Waals surface area contributed by atoms with E-state index in [1.165, 1.54) is 0 Å². The van der Waals surface area contributed by atoms with Gasteiger partial charge in [-0.1, -0.05) is 60.7 Å². The van der Waals surface area contributed by atoms with Crippen LogP contribution in [0.5, 0.6) is 0 Å². The Morgan fingerprint density at radius 2 is 1.57 bits per heavy atom. The number of hydrogen-bond donors (Lipinski definition) is 0. The van der Waals surface area contributed by atoms with E-state index in [1.807, 2.05) is 60.7 Å². The Balaban J connectivity index is 1.63. The van der Waals surface area contributed by atoms with Gasteiger partial charge in [-0.05, 0) is 6.42 Å². The fourth-order valence-electron chi connectivity index (χ4n) is 2.88. The van der Waals surface area contributed by atoms with Crippen molar-refractivity contribution in [1.82, 2.24) is 0 Å². The van der Waals surface area contributed by atoms with Crippen LogP contribution in [0.15, 0.2) is 60.7 Å². The molecule has 120 valence electrons. The summed E-state index contributed by atoms with van der Waals surface area (Å²) in [7, 11) is 0. The lowest BCUT2D eigenvalue weighted by Gasteiger charge is -2.41. The minimum atomic E-state index is -0.971. The fourth-order valence-corrected chi connectivity index (χ4v) is 2.88. The molecule has 2 aromatic rings. The minimum Gasteiger partial charge on any atom is -0.311 e. The first-order valence-electron chi connectivity index (χ1n) is 7.81. The summed E-state index contributed by atoms with van der Waals surface area (Å²) < 4.78 is 5.99. The summed E-state index contributed by atoms with van der Waals surface area (Å²) in [6.07, 6.45) is 1.09. The summed E-state index contributed by atoms with van der Waals surface area (Å²) in [5.74, 6) is -0.971. The first-order valence-corrected chi connectivity index (χ1v) is 7.81. The zero-order valence-electron chi connectivity index (χ0n) is 12.6. The lowest BCUT2D eigenvalue weighted by atomic mass is 9.97. The molecule has 23 heavy (non-hydrogen) atoms. The maximum atomic E-state index is 5.99. The van der Waals surface area contributed by atoms with Crippen molar-refractivity contribution in [2.45, 2.75) is 37.6 Å². The molecule has 2 bridgehead atoms. The van der Waals surface area contributed by atoms with Gasteiger partial charge in [0.2, 0.25) is 12.1 Å². The van der Waals surface area contributed by atoms with Crippen LogP contribution in [-0.2, 0) is 30.1 Å². The summed E-state index contributed by atoms with van der Waals surface area (Å²) in [4.78, 5) is 22.1. The zero-order chi connectivity index (χ0) is 15.5. The van der Waals surface area contributed by atoms with Crippen LogP contribution in [-0.4, -0.2) is 6.29 Å². The lowest BCUT2D eigenvalue weighted by molar-refractivity contribution is -0.593. The standard InChI is InChI=1S/C18H18O5/c1-3-8-14(9-4-1)17-21-20-16-12-7-13-18(19-16,23-22-17)15-10-5-2-6-11-15/h1-6,8-11,16-17H,7,12-13H2/t16-,17+,18-/m0/s1. The van der Waals surface area contributed by atoms with Crippen molar-refractivity contribution in [1.29, 1.82) is 0 Å². The van der Waals surface area contributed by atoms with Crippen LogP contribution in [0.3, 0.4) is 0 Å². The van der Waals surface area contributed by atoms with Gasteiger partial charge >= 0.3 is 0 Å². The molecule has 0 saturated carbocycles. The van der Waals surface area contributed by atoms with Gasteiger partial charge in [0, 0.05) is 24.0 Å². The molecule has 0 unspecified atom stereocenters. The van der Waals surface area contributed by atoms with Crippen LogP contribution in [0.1, 0.15) is 36.7 Å². The molecule has 2 aromatic carbocycles. The SMILES string of the molecule is c1ccc([C@@H]2OO[C@H]3CCC[C@@](c4ccccc4)(OO2)O3)cc1. The number of ether oxygens (including phenoxy) is 1. The van der Waals surface area contributed by atoms with Gasteiger partial charge in [-0.25, -0.2) is 4.89 Å². The third-order valence-electron chi connectivity index (χ3n) is 4.07. The van der Waals surface area contributed by atoms with Gasteiger partial charge < -0.3 is 4.74 Å². The summed E-state index contributed by atoms with van der Waals surface area (Å²) in [6, 6.07) is 19.3. The first-order chi connectivity index (χ1) is 11.4. The van der Waals surface area contributed by atoms with Crippen molar-refractivity contribution in [2.24, 2.45) is 0 Å². The first kappa shape index (κ1) is 14.8. The van der Waals surface area contributed by atoms with Crippen LogP contribution < -0.4 is 0 Å². The number of fused-ring (bicyclic) bond motifs is 2. The Morgan fingerprint density at radius 1 is 0.826 bits per heavy atom. The van der Waals surface area contributed by atoms with Crippen LogP contribution in [0.2, 0.25) is 0 Å². The van der Waals surface area contributed by atoms with Crippen molar-refractivity contribution < 1.29 is 24.3 Å². The molecule has 5 heteroatoms. The Kier molecular flexibility index (Phi) is 4.11. The highest BCUT2D eigenvalue weighted by Gasteiger charge is 2.45. The number of hydrogen-bond acceptors (Lipinski definition) is 5. The molecule has 0 aliphatic carbocycles.